The highest BCUT2D eigenvalue weighted by atomic mass is 19.1. The van der Waals surface area contributed by atoms with E-state index in [1.54, 1.807) is 31.5 Å². The van der Waals surface area contributed by atoms with Crippen LogP contribution in [0.15, 0.2) is 48.7 Å². The molecule has 0 unspecified atom stereocenters. The summed E-state index contributed by atoms with van der Waals surface area (Å²) in [4.78, 5) is 4.31. The average molecular weight is 479 g/mol. The standard InChI is InChI=1S/C26H27FN4O4/c1-33-19-7-4-8-20(23(19)27)35-18-11-9-15(10-12-18)24-22-25(21(34-2)14-29-26(22)28)31(30-24)16-5-3-6-17(32)13-16/h4,7-12,14,16-17,32H,3,5-6,13H2,1-2H3,(H2,28,29)/t16-,17-/m1/s1. The van der Waals surface area contributed by atoms with Gasteiger partial charge in [-0.05, 0) is 62.1 Å². The molecular formula is C26H27FN4O4. The van der Waals surface area contributed by atoms with Crippen LogP contribution in [-0.4, -0.2) is 40.2 Å². The molecule has 3 N–H and O–H groups in total. The van der Waals surface area contributed by atoms with E-state index in [1.165, 1.54) is 19.2 Å². The molecule has 0 saturated heterocycles. The Morgan fingerprint density at radius 1 is 1.03 bits per heavy atom. The summed E-state index contributed by atoms with van der Waals surface area (Å²) in [6, 6.07) is 11.9. The van der Waals surface area contributed by atoms with Crippen molar-refractivity contribution in [2.45, 2.75) is 37.8 Å². The van der Waals surface area contributed by atoms with Gasteiger partial charge in [0.25, 0.3) is 0 Å². The zero-order valence-corrected chi connectivity index (χ0v) is 19.6. The van der Waals surface area contributed by atoms with Crippen molar-refractivity contribution in [1.82, 2.24) is 14.8 Å². The molecule has 2 heterocycles. The van der Waals surface area contributed by atoms with Gasteiger partial charge in [0.05, 0.1) is 37.9 Å². The molecule has 1 fully saturated rings. The average Bonchev–Trinajstić information content (AvgIpc) is 3.28. The van der Waals surface area contributed by atoms with Crippen LogP contribution in [0, 0.1) is 5.82 Å². The minimum absolute atomic E-state index is 0.0179. The summed E-state index contributed by atoms with van der Waals surface area (Å²) in [7, 11) is 2.99. The Balaban J connectivity index is 1.55. The van der Waals surface area contributed by atoms with Crippen LogP contribution >= 0.6 is 0 Å². The summed E-state index contributed by atoms with van der Waals surface area (Å²) in [6.45, 7) is 0. The number of aromatic nitrogens is 3. The van der Waals surface area contributed by atoms with Crippen molar-refractivity contribution in [1.29, 1.82) is 0 Å². The summed E-state index contributed by atoms with van der Waals surface area (Å²) in [6.07, 6.45) is 4.45. The molecule has 182 valence electrons. The molecule has 1 aliphatic carbocycles. The first-order valence-electron chi connectivity index (χ1n) is 11.5. The number of halogens is 1. The highest BCUT2D eigenvalue weighted by Crippen LogP contribution is 2.41. The van der Waals surface area contributed by atoms with Crippen molar-refractivity contribution in [3.63, 3.8) is 0 Å². The monoisotopic (exact) mass is 478 g/mol. The summed E-state index contributed by atoms with van der Waals surface area (Å²) in [5.74, 6) is 0.994. The van der Waals surface area contributed by atoms with E-state index in [1.807, 2.05) is 16.8 Å². The van der Waals surface area contributed by atoms with Gasteiger partial charge in [0.15, 0.2) is 17.2 Å². The highest BCUT2D eigenvalue weighted by molar-refractivity contribution is 6.03. The van der Waals surface area contributed by atoms with Crippen LogP contribution in [0.1, 0.15) is 31.7 Å². The van der Waals surface area contributed by atoms with Crippen molar-refractivity contribution < 1.29 is 23.7 Å². The molecule has 2 atom stereocenters. The van der Waals surface area contributed by atoms with Gasteiger partial charge in [0.1, 0.15) is 22.8 Å². The fourth-order valence-electron chi connectivity index (χ4n) is 4.68. The zero-order valence-electron chi connectivity index (χ0n) is 19.6. The second-order valence-corrected chi connectivity index (χ2v) is 8.60. The van der Waals surface area contributed by atoms with E-state index in [2.05, 4.69) is 4.98 Å². The van der Waals surface area contributed by atoms with Crippen LogP contribution in [0.3, 0.4) is 0 Å². The van der Waals surface area contributed by atoms with Gasteiger partial charge in [-0.1, -0.05) is 6.07 Å². The van der Waals surface area contributed by atoms with Crippen LogP contribution in [0.25, 0.3) is 22.2 Å². The van der Waals surface area contributed by atoms with Crippen molar-refractivity contribution in [3.8, 4) is 34.3 Å². The fraction of sp³-hybridized carbons (Fsp3) is 0.308. The Labute approximate surface area is 202 Å². The molecule has 0 bridgehead atoms. The van der Waals surface area contributed by atoms with E-state index in [0.29, 0.717) is 34.8 Å². The first kappa shape index (κ1) is 22.9. The number of rotatable bonds is 6. The molecule has 0 aliphatic heterocycles. The Bertz CT molecular complexity index is 1360. The molecule has 1 saturated carbocycles. The Morgan fingerprint density at radius 3 is 2.49 bits per heavy atom. The number of benzene rings is 2. The van der Waals surface area contributed by atoms with Crippen molar-refractivity contribution in [2.75, 3.05) is 20.0 Å². The molecule has 0 radical (unpaired) electrons. The molecule has 8 nitrogen and oxygen atoms in total. The molecule has 0 amide bonds. The minimum Gasteiger partial charge on any atom is -0.494 e. The third-order valence-corrected chi connectivity index (χ3v) is 6.41. The third-order valence-electron chi connectivity index (χ3n) is 6.41. The van der Waals surface area contributed by atoms with E-state index >= 15 is 0 Å². The van der Waals surface area contributed by atoms with E-state index in [9.17, 15) is 9.50 Å². The van der Waals surface area contributed by atoms with Gasteiger partial charge in [-0.15, -0.1) is 0 Å². The van der Waals surface area contributed by atoms with Gasteiger partial charge in [-0.25, -0.2) is 4.98 Å². The number of hydrogen-bond donors (Lipinski definition) is 2. The number of methoxy groups -OCH3 is 2. The number of ether oxygens (including phenoxy) is 3. The summed E-state index contributed by atoms with van der Waals surface area (Å²) in [5, 5.41) is 15.9. The SMILES string of the molecule is COc1cccc(Oc2ccc(-c3nn([C@@H]4CCC[C@@H](O)C4)c4c(OC)cnc(N)c34)cc2)c1F. The van der Waals surface area contributed by atoms with Crippen LogP contribution in [0.5, 0.6) is 23.0 Å². The number of pyridine rings is 1. The number of nitrogen functional groups attached to an aromatic ring is 1. The van der Waals surface area contributed by atoms with Gasteiger partial charge in [-0.2, -0.15) is 9.49 Å². The van der Waals surface area contributed by atoms with E-state index in [0.717, 1.165) is 30.3 Å². The van der Waals surface area contributed by atoms with Gasteiger partial charge in [0.2, 0.25) is 5.82 Å². The lowest BCUT2D eigenvalue weighted by Gasteiger charge is -2.27. The predicted octanol–water partition coefficient (Wildman–Crippen LogP) is 5.11. The van der Waals surface area contributed by atoms with Crippen molar-refractivity contribution in [3.05, 3.63) is 54.5 Å². The zero-order chi connectivity index (χ0) is 24.5. The largest absolute Gasteiger partial charge is 0.494 e. The molecule has 5 rings (SSSR count). The quantitative estimate of drug-likeness (QED) is 0.397. The smallest absolute Gasteiger partial charge is 0.207 e. The number of anilines is 1. The van der Waals surface area contributed by atoms with Crippen LogP contribution < -0.4 is 19.9 Å². The van der Waals surface area contributed by atoms with Gasteiger partial charge >= 0.3 is 0 Å². The molecule has 9 heteroatoms. The Morgan fingerprint density at radius 2 is 1.77 bits per heavy atom. The lowest BCUT2D eigenvalue weighted by molar-refractivity contribution is 0.101. The number of hydrogen-bond acceptors (Lipinski definition) is 7. The number of nitrogens with two attached hydrogens (primary N) is 1. The first-order valence-corrected chi connectivity index (χ1v) is 11.5. The van der Waals surface area contributed by atoms with E-state index in [4.69, 9.17) is 25.0 Å². The maximum Gasteiger partial charge on any atom is 0.207 e. The molecule has 2 aromatic carbocycles. The second-order valence-electron chi connectivity index (χ2n) is 8.60. The molecule has 1 aliphatic rings. The third kappa shape index (κ3) is 4.23. The molecule has 35 heavy (non-hydrogen) atoms. The molecular weight excluding hydrogens is 451 g/mol. The van der Waals surface area contributed by atoms with Crippen LogP contribution in [0.4, 0.5) is 10.2 Å². The van der Waals surface area contributed by atoms with Gasteiger partial charge < -0.3 is 25.1 Å². The Hall–Kier alpha value is -3.85. The summed E-state index contributed by atoms with van der Waals surface area (Å²) < 4.78 is 32.8. The maximum atomic E-state index is 14.5. The van der Waals surface area contributed by atoms with E-state index < -0.39 is 5.82 Å². The molecule has 0 spiro atoms. The maximum absolute atomic E-state index is 14.5. The van der Waals surface area contributed by atoms with Gasteiger partial charge in [0, 0.05) is 5.56 Å². The second kappa shape index (κ2) is 9.42. The van der Waals surface area contributed by atoms with Gasteiger partial charge in [-0.3, -0.25) is 4.68 Å². The van der Waals surface area contributed by atoms with Crippen molar-refractivity contribution >= 4 is 16.7 Å². The van der Waals surface area contributed by atoms with Crippen LogP contribution in [0.2, 0.25) is 0 Å². The van der Waals surface area contributed by atoms with Crippen molar-refractivity contribution in [2.24, 2.45) is 0 Å². The number of nitrogens with zero attached hydrogens (tertiary/aromatic N) is 3. The topological polar surface area (TPSA) is 105 Å². The number of aliphatic hydroxyl groups is 1. The minimum atomic E-state index is -0.565. The molecule has 4 aromatic rings. The normalized spacial score (nSPS) is 17.9. The summed E-state index contributed by atoms with van der Waals surface area (Å²) in [5.41, 5.74) is 8.53. The number of fused-ring (bicyclic) bond motifs is 1. The molecule has 2 aromatic heterocycles. The van der Waals surface area contributed by atoms with E-state index in [-0.39, 0.29) is 23.6 Å². The summed E-state index contributed by atoms with van der Waals surface area (Å²) >= 11 is 0. The number of aliphatic hydroxyl groups excluding tert-OH is 1. The lowest BCUT2D eigenvalue weighted by atomic mass is 9.93. The van der Waals surface area contributed by atoms with Crippen LogP contribution in [-0.2, 0) is 0 Å². The lowest BCUT2D eigenvalue weighted by Crippen LogP contribution is -2.23. The fourth-order valence-corrected chi connectivity index (χ4v) is 4.68. The first-order chi connectivity index (χ1) is 17.0. The highest BCUT2D eigenvalue weighted by Gasteiger charge is 2.28. The Kier molecular flexibility index (Phi) is 6.17. The predicted molar refractivity (Wildman–Crippen MR) is 130 cm³/mol.